The quantitative estimate of drug-likeness (QED) is 0.545. The Kier molecular flexibility index (Phi) is 6.51. The van der Waals surface area contributed by atoms with Crippen LogP contribution in [-0.2, 0) is 19.4 Å². The smallest absolute Gasteiger partial charge is 0.316 e. The number of hydrogen-bond acceptors (Lipinski definition) is 5. The summed E-state index contributed by atoms with van der Waals surface area (Å²) in [5.74, 6) is -0.143. The number of fused-ring (bicyclic) bond motifs is 3. The van der Waals surface area contributed by atoms with Crippen molar-refractivity contribution in [3.05, 3.63) is 52.5 Å². The zero-order valence-corrected chi connectivity index (χ0v) is 18.3. The second-order valence-corrected chi connectivity index (χ2v) is 8.13. The summed E-state index contributed by atoms with van der Waals surface area (Å²) in [4.78, 5) is 21.0. The van der Waals surface area contributed by atoms with E-state index in [0.717, 1.165) is 37.2 Å². The summed E-state index contributed by atoms with van der Waals surface area (Å²) in [5, 5.41) is 12.9. The Morgan fingerprint density at radius 3 is 2.71 bits per heavy atom. The van der Waals surface area contributed by atoms with E-state index in [1.54, 1.807) is 0 Å². The Bertz CT molecular complexity index is 1070. The van der Waals surface area contributed by atoms with Crippen LogP contribution in [0.4, 0.5) is 0 Å². The van der Waals surface area contributed by atoms with Crippen LogP contribution < -0.4 is 10.1 Å². The highest BCUT2D eigenvalue weighted by Gasteiger charge is 2.21. The lowest BCUT2D eigenvalue weighted by Crippen LogP contribution is -2.26. The third kappa shape index (κ3) is 4.71. The summed E-state index contributed by atoms with van der Waals surface area (Å²) in [6, 6.07) is 8.30. The molecule has 0 aliphatic heterocycles. The average Bonchev–Trinajstić information content (AvgIpc) is 3.07. The molecular weight excluding hydrogens is 392 g/mol. The van der Waals surface area contributed by atoms with Gasteiger partial charge < -0.3 is 19.7 Å². The van der Waals surface area contributed by atoms with Crippen LogP contribution >= 0.6 is 0 Å². The SMILES string of the molecule is Cc1cc(C)nc(OCCCn2c3c(c4cc(C(=O)NCCO)ccc42)CCCC3)n1. The minimum absolute atomic E-state index is 0.0605. The number of aryl methyl sites for hydroxylation is 4. The standard InChI is InChI=1S/C24H30N4O3/c1-16-14-17(2)27-24(26-16)31-13-5-11-28-21-7-4-3-6-19(21)20-15-18(8-9-22(20)28)23(30)25-10-12-29/h8-9,14-15,29H,3-7,10-13H2,1-2H3,(H,25,30). The normalized spacial score (nSPS) is 13.3. The maximum atomic E-state index is 12.4. The lowest BCUT2D eigenvalue weighted by Gasteiger charge is -2.16. The molecule has 2 heterocycles. The number of nitrogens with zero attached hydrogens (tertiary/aromatic N) is 3. The van der Waals surface area contributed by atoms with E-state index in [4.69, 9.17) is 9.84 Å². The lowest BCUT2D eigenvalue weighted by molar-refractivity contribution is 0.0945. The second kappa shape index (κ2) is 9.47. The van der Waals surface area contributed by atoms with Crippen LogP contribution in [0.25, 0.3) is 10.9 Å². The van der Waals surface area contributed by atoms with Crippen molar-refractivity contribution in [2.45, 2.75) is 52.5 Å². The van der Waals surface area contributed by atoms with E-state index in [9.17, 15) is 4.79 Å². The summed E-state index contributed by atoms with van der Waals surface area (Å²) < 4.78 is 8.20. The van der Waals surface area contributed by atoms with Crippen LogP contribution in [0.15, 0.2) is 24.3 Å². The molecule has 0 spiro atoms. The number of ether oxygens (including phenoxy) is 1. The number of hydrogen-bond donors (Lipinski definition) is 2. The van der Waals surface area contributed by atoms with Gasteiger partial charge >= 0.3 is 6.01 Å². The molecule has 2 N–H and O–H groups in total. The van der Waals surface area contributed by atoms with Gasteiger partial charge in [-0.1, -0.05) is 0 Å². The van der Waals surface area contributed by atoms with Gasteiger partial charge in [-0.15, -0.1) is 0 Å². The van der Waals surface area contributed by atoms with Crippen molar-refractivity contribution in [2.75, 3.05) is 19.8 Å². The molecule has 0 saturated heterocycles. The Balaban J connectivity index is 1.52. The summed E-state index contributed by atoms with van der Waals surface area (Å²) in [7, 11) is 0. The first kappa shape index (κ1) is 21.3. The third-order valence-corrected chi connectivity index (χ3v) is 5.76. The maximum absolute atomic E-state index is 12.4. The van der Waals surface area contributed by atoms with Gasteiger partial charge in [0.15, 0.2) is 0 Å². The zero-order valence-electron chi connectivity index (χ0n) is 18.3. The molecule has 0 bridgehead atoms. The van der Waals surface area contributed by atoms with Gasteiger partial charge in [0, 0.05) is 46.6 Å². The number of aliphatic hydroxyl groups excluding tert-OH is 1. The number of carbonyl (C=O) groups excluding carboxylic acids is 1. The minimum atomic E-state index is -0.143. The molecule has 0 saturated carbocycles. The molecule has 7 nitrogen and oxygen atoms in total. The number of amides is 1. The zero-order chi connectivity index (χ0) is 21.8. The second-order valence-electron chi connectivity index (χ2n) is 8.13. The first-order chi connectivity index (χ1) is 15.1. The molecule has 1 aromatic carbocycles. The van der Waals surface area contributed by atoms with Gasteiger partial charge in [-0.3, -0.25) is 4.79 Å². The number of carbonyl (C=O) groups is 1. The van der Waals surface area contributed by atoms with Crippen molar-refractivity contribution in [3.63, 3.8) is 0 Å². The highest BCUT2D eigenvalue weighted by atomic mass is 16.5. The topological polar surface area (TPSA) is 89.3 Å². The van der Waals surface area contributed by atoms with Crippen molar-refractivity contribution in [2.24, 2.45) is 0 Å². The molecular formula is C24H30N4O3. The molecule has 1 aliphatic rings. The summed E-state index contributed by atoms with van der Waals surface area (Å²) >= 11 is 0. The molecule has 7 heteroatoms. The van der Waals surface area contributed by atoms with Crippen molar-refractivity contribution in [1.29, 1.82) is 0 Å². The lowest BCUT2D eigenvalue weighted by atomic mass is 9.95. The Morgan fingerprint density at radius 2 is 1.94 bits per heavy atom. The Morgan fingerprint density at radius 1 is 1.16 bits per heavy atom. The van der Waals surface area contributed by atoms with E-state index in [0.29, 0.717) is 18.2 Å². The molecule has 0 fully saturated rings. The largest absolute Gasteiger partial charge is 0.463 e. The number of aromatic nitrogens is 3. The number of aliphatic hydroxyl groups is 1. The molecule has 0 atom stereocenters. The monoisotopic (exact) mass is 422 g/mol. The highest BCUT2D eigenvalue weighted by molar-refractivity contribution is 5.99. The number of benzene rings is 1. The maximum Gasteiger partial charge on any atom is 0.316 e. The van der Waals surface area contributed by atoms with Crippen LogP contribution in [0.3, 0.4) is 0 Å². The predicted octanol–water partition coefficient (Wildman–Crippen LogP) is 3.12. The van der Waals surface area contributed by atoms with E-state index in [2.05, 4.69) is 25.9 Å². The molecule has 164 valence electrons. The van der Waals surface area contributed by atoms with E-state index in [1.807, 2.05) is 32.0 Å². The van der Waals surface area contributed by atoms with Gasteiger partial charge in [0.25, 0.3) is 5.91 Å². The van der Waals surface area contributed by atoms with Gasteiger partial charge in [-0.25, -0.2) is 9.97 Å². The summed E-state index contributed by atoms with van der Waals surface area (Å²) in [6.07, 6.45) is 5.34. The fourth-order valence-corrected chi connectivity index (χ4v) is 4.45. The summed E-state index contributed by atoms with van der Waals surface area (Å²) in [5.41, 5.74) is 6.39. The molecule has 1 aliphatic carbocycles. The van der Waals surface area contributed by atoms with Crippen molar-refractivity contribution in [1.82, 2.24) is 19.9 Å². The molecule has 0 unspecified atom stereocenters. The molecule has 2 aromatic heterocycles. The van der Waals surface area contributed by atoms with Crippen LogP contribution in [0.1, 0.15) is 52.3 Å². The van der Waals surface area contributed by atoms with E-state index in [1.165, 1.54) is 35.0 Å². The average molecular weight is 423 g/mol. The Labute approximate surface area is 182 Å². The van der Waals surface area contributed by atoms with E-state index >= 15 is 0 Å². The Hall–Kier alpha value is -2.93. The molecule has 1 amide bonds. The highest BCUT2D eigenvalue weighted by Crippen LogP contribution is 2.33. The van der Waals surface area contributed by atoms with Crippen LogP contribution in [0.5, 0.6) is 6.01 Å². The fraction of sp³-hybridized carbons (Fsp3) is 0.458. The molecule has 31 heavy (non-hydrogen) atoms. The first-order valence-electron chi connectivity index (χ1n) is 11.0. The van der Waals surface area contributed by atoms with Crippen LogP contribution in [0.2, 0.25) is 0 Å². The fourth-order valence-electron chi connectivity index (χ4n) is 4.45. The van der Waals surface area contributed by atoms with Crippen molar-refractivity contribution < 1.29 is 14.6 Å². The van der Waals surface area contributed by atoms with E-state index in [-0.39, 0.29) is 19.1 Å². The predicted molar refractivity (Wildman–Crippen MR) is 120 cm³/mol. The number of nitrogens with one attached hydrogen (secondary N) is 1. The van der Waals surface area contributed by atoms with Crippen molar-refractivity contribution >= 4 is 16.8 Å². The van der Waals surface area contributed by atoms with E-state index < -0.39 is 0 Å². The van der Waals surface area contributed by atoms with Crippen molar-refractivity contribution in [3.8, 4) is 6.01 Å². The van der Waals surface area contributed by atoms with Gasteiger partial charge in [0.1, 0.15) is 0 Å². The van der Waals surface area contributed by atoms with Gasteiger partial charge in [-0.2, -0.15) is 0 Å². The van der Waals surface area contributed by atoms with Gasteiger partial charge in [-0.05, 0) is 75.8 Å². The van der Waals surface area contributed by atoms with Crippen LogP contribution in [-0.4, -0.2) is 45.3 Å². The summed E-state index contributed by atoms with van der Waals surface area (Å²) in [6.45, 7) is 5.50. The van der Waals surface area contributed by atoms with Crippen LogP contribution in [0, 0.1) is 13.8 Å². The molecule has 0 radical (unpaired) electrons. The number of rotatable bonds is 8. The van der Waals surface area contributed by atoms with Gasteiger partial charge in [0.05, 0.1) is 13.2 Å². The third-order valence-electron chi connectivity index (χ3n) is 5.76. The molecule has 4 rings (SSSR count). The minimum Gasteiger partial charge on any atom is -0.463 e. The molecule has 3 aromatic rings. The van der Waals surface area contributed by atoms with Gasteiger partial charge in [0.2, 0.25) is 0 Å². The first-order valence-corrected chi connectivity index (χ1v) is 11.0.